The molecule has 1 aliphatic rings. The number of nitrogens with zero attached hydrogens (tertiary/aromatic N) is 1. The Balaban J connectivity index is 1.69. The molecule has 1 aromatic carbocycles. The van der Waals surface area contributed by atoms with Gasteiger partial charge in [0.2, 0.25) is 15.9 Å². The van der Waals surface area contributed by atoms with Crippen LogP contribution in [0, 0.1) is 0 Å². The summed E-state index contributed by atoms with van der Waals surface area (Å²) in [5.74, 6) is -0.170. The summed E-state index contributed by atoms with van der Waals surface area (Å²) in [6, 6.07) is 6.86. The van der Waals surface area contributed by atoms with Gasteiger partial charge in [0.05, 0.1) is 5.02 Å². The van der Waals surface area contributed by atoms with Gasteiger partial charge in [-0.2, -0.15) is 0 Å². The van der Waals surface area contributed by atoms with Crippen LogP contribution in [0.25, 0.3) is 0 Å². The van der Waals surface area contributed by atoms with E-state index in [9.17, 15) is 13.2 Å². The minimum atomic E-state index is -3.69. The van der Waals surface area contributed by atoms with Crippen molar-refractivity contribution in [3.05, 3.63) is 29.3 Å². The molecule has 0 bridgehead atoms. The molecule has 0 spiro atoms. The van der Waals surface area contributed by atoms with E-state index in [0.717, 1.165) is 6.54 Å². The van der Waals surface area contributed by atoms with Crippen LogP contribution in [0.5, 0.6) is 0 Å². The molecule has 1 aliphatic carbocycles. The lowest BCUT2D eigenvalue weighted by atomic mass is 10.4. The van der Waals surface area contributed by atoms with Gasteiger partial charge < -0.3 is 10.2 Å². The van der Waals surface area contributed by atoms with Gasteiger partial charge in [-0.05, 0) is 32.0 Å². The number of halogens is 1. The van der Waals surface area contributed by atoms with Crippen molar-refractivity contribution < 1.29 is 13.2 Å². The van der Waals surface area contributed by atoms with E-state index in [1.165, 1.54) is 25.0 Å². The number of nitrogens with one attached hydrogen (secondary N) is 2. The van der Waals surface area contributed by atoms with Crippen molar-refractivity contribution in [1.82, 2.24) is 14.9 Å². The van der Waals surface area contributed by atoms with E-state index in [1.54, 1.807) is 12.1 Å². The first-order chi connectivity index (χ1) is 10.9. The molecule has 0 unspecified atom stereocenters. The van der Waals surface area contributed by atoms with Gasteiger partial charge in [0.25, 0.3) is 0 Å². The third-order valence-corrected chi connectivity index (χ3v) is 5.69. The largest absolute Gasteiger partial charge is 0.355 e. The maximum atomic E-state index is 12.1. The number of amides is 1. The Morgan fingerprint density at radius 2 is 2.00 bits per heavy atom. The van der Waals surface area contributed by atoms with Gasteiger partial charge in [0, 0.05) is 32.1 Å². The second-order valence-electron chi connectivity index (χ2n) is 5.64. The summed E-state index contributed by atoms with van der Waals surface area (Å²) in [5.41, 5.74) is 0. The van der Waals surface area contributed by atoms with Crippen molar-refractivity contribution in [2.45, 2.75) is 30.2 Å². The zero-order valence-electron chi connectivity index (χ0n) is 13.1. The number of carbonyl (C=O) groups is 1. The van der Waals surface area contributed by atoms with Crippen molar-refractivity contribution in [2.24, 2.45) is 0 Å². The van der Waals surface area contributed by atoms with E-state index in [0.29, 0.717) is 12.6 Å². The molecular weight excluding hydrogens is 338 g/mol. The van der Waals surface area contributed by atoms with Gasteiger partial charge in [0.15, 0.2) is 0 Å². The van der Waals surface area contributed by atoms with Crippen molar-refractivity contribution >= 4 is 27.5 Å². The summed E-state index contributed by atoms with van der Waals surface area (Å²) >= 11 is 5.88. The second kappa shape index (κ2) is 8.10. The highest BCUT2D eigenvalue weighted by atomic mass is 35.5. The van der Waals surface area contributed by atoms with Crippen LogP contribution < -0.4 is 10.0 Å². The van der Waals surface area contributed by atoms with Gasteiger partial charge in [0.1, 0.15) is 4.90 Å². The van der Waals surface area contributed by atoms with Crippen molar-refractivity contribution in [1.29, 1.82) is 0 Å². The molecule has 6 nitrogen and oxygen atoms in total. The van der Waals surface area contributed by atoms with Crippen molar-refractivity contribution in [2.75, 3.05) is 26.7 Å². The number of carbonyl (C=O) groups excluding carboxylic acids is 1. The van der Waals surface area contributed by atoms with Crippen LogP contribution in [0.2, 0.25) is 5.02 Å². The Hall–Kier alpha value is -1.15. The molecule has 23 heavy (non-hydrogen) atoms. The minimum Gasteiger partial charge on any atom is -0.355 e. The Bertz CT molecular complexity index is 647. The molecule has 1 saturated carbocycles. The predicted octanol–water partition coefficient (Wildman–Crippen LogP) is 1.22. The third-order valence-electron chi connectivity index (χ3n) is 3.73. The molecule has 2 rings (SSSR count). The smallest absolute Gasteiger partial charge is 0.242 e. The first kappa shape index (κ1) is 18.2. The molecule has 1 amide bonds. The third kappa shape index (κ3) is 5.76. The highest BCUT2D eigenvalue weighted by Gasteiger charge is 2.25. The molecule has 128 valence electrons. The molecule has 0 aromatic heterocycles. The Morgan fingerprint density at radius 3 is 2.65 bits per heavy atom. The lowest BCUT2D eigenvalue weighted by Crippen LogP contribution is -2.35. The van der Waals surface area contributed by atoms with E-state index in [4.69, 9.17) is 11.6 Å². The van der Waals surface area contributed by atoms with Crippen LogP contribution in [-0.4, -0.2) is 51.9 Å². The standard InChI is InChI=1S/C15H22ClN3O3S/c1-19(12-6-7-12)11-10-17-15(20)8-9-18-23(21,22)14-5-3-2-4-13(14)16/h2-5,12,18H,6-11H2,1H3,(H,17,20). The Morgan fingerprint density at radius 1 is 1.30 bits per heavy atom. The van der Waals surface area contributed by atoms with Gasteiger partial charge >= 0.3 is 0 Å². The van der Waals surface area contributed by atoms with Gasteiger partial charge in [-0.15, -0.1) is 0 Å². The number of sulfonamides is 1. The highest BCUT2D eigenvalue weighted by molar-refractivity contribution is 7.89. The van der Waals surface area contributed by atoms with Crippen LogP contribution in [0.15, 0.2) is 29.2 Å². The zero-order chi connectivity index (χ0) is 16.9. The van der Waals surface area contributed by atoms with Crippen molar-refractivity contribution in [3.63, 3.8) is 0 Å². The average Bonchev–Trinajstić information content (AvgIpc) is 3.32. The SMILES string of the molecule is CN(CCNC(=O)CCNS(=O)(=O)c1ccccc1Cl)C1CC1. The fraction of sp³-hybridized carbons (Fsp3) is 0.533. The zero-order valence-corrected chi connectivity index (χ0v) is 14.7. The van der Waals surface area contributed by atoms with Crippen LogP contribution in [0.1, 0.15) is 19.3 Å². The topological polar surface area (TPSA) is 78.5 Å². The molecule has 0 saturated heterocycles. The number of likely N-dealkylation sites (N-methyl/N-ethyl adjacent to an activating group) is 1. The number of hydrogen-bond donors (Lipinski definition) is 2. The number of rotatable bonds is 9. The number of benzene rings is 1. The average molecular weight is 360 g/mol. The fourth-order valence-corrected chi connectivity index (χ4v) is 3.75. The lowest BCUT2D eigenvalue weighted by molar-refractivity contribution is -0.120. The van der Waals surface area contributed by atoms with Crippen LogP contribution in [0.3, 0.4) is 0 Å². The monoisotopic (exact) mass is 359 g/mol. The highest BCUT2D eigenvalue weighted by Crippen LogP contribution is 2.24. The summed E-state index contributed by atoms with van der Waals surface area (Å²) in [6.45, 7) is 1.42. The molecule has 2 N–H and O–H groups in total. The summed E-state index contributed by atoms with van der Waals surface area (Å²) in [4.78, 5) is 14.0. The molecule has 1 aromatic rings. The number of hydrogen-bond acceptors (Lipinski definition) is 4. The molecule has 0 heterocycles. The van der Waals surface area contributed by atoms with Gasteiger partial charge in [-0.1, -0.05) is 23.7 Å². The normalized spacial score (nSPS) is 14.9. The van der Waals surface area contributed by atoms with E-state index in [-0.39, 0.29) is 28.8 Å². The van der Waals surface area contributed by atoms with Gasteiger partial charge in [-0.3, -0.25) is 4.79 Å². The maximum absolute atomic E-state index is 12.1. The molecule has 1 fully saturated rings. The van der Waals surface area contributed by atoms with E-state index in [2.05, 4.69) is 14.9 Å². The molecule has 0 atom stereocenters. The van der Waals surface area contributed by atoms with Crippen LogP contribution >= 0.6 is 11.6 Å². The first-order valence-corrected chi connectivity index (χ1v) is 9.47. The summed E-state index contributed by atoms with van der Waals surface area (Å²) < 4.78 is 26.6. The van der Waals surface area contributed by atoms with E-state index >= 15 is 0 Å². The van der Waals surface area contributed by atoms with Crippen LogP contribution in [-0.2, 0) is 14.8 Å². The quantitative estimate of drug-likeness (QED) is 0.695. The Labute approximate surface area is 142 Å². The lowest BCUT2D eigenvalue weighted by Gasteiger charge is -2.15. The van der Waals surface area contributed by atoms with Crippen molar-refractivity contribution in [3.8, 4) is 0 Å². The molecule has 0 aliphatic heterocycles. The maximum Gasteiger partial charge on any atom is 0.242 e. The van der Waals surface area contributed by atoms with E-state index in [1.807, 2.05) is 7.05 Å². The summed E-state index contributed by atoms with van der Waals surface area (Å²) in [7, 11) is -1.65. The second-order valence-corrected chi connectivity index (χ2v) is 7.78. The Kier molecular flexibility index (Phi) is 6.41. The predicted molar refractivity (Wildman–Crippen MR) is 89.9 cm³/mol. The van der Waals surface area contributed by atoms with Gasteiger partial charge in [-0.25, -0.2) is 13.1 Å². The summed E-state index contributed by atoms with van der Waals surface area (Å²) in [6.07, 6.45) is 2.55. The first-order valence-electron chi connectivity index (χ1n) is 7.61. The molecular formula is C15H22ClN3O3S. The van der Waals surface area contributed by atoms with Crippen LogP contribution in [0.4, 0.5) is 0 Å². The molecule has 8 heteroatoms. The fourth-order valence-electron chi connectivity index (χ4n) is 2.20. The summed E-state index contributed by atoms with van der Waals surface area (Å²) in [5, 5.41) is 2.95. The minimum absolute atomic E-state index is 0.0214. The van der Waals surface area contributed by atoms with E-state index < -0.39 is 10.0 Å². The molecule has 0 radical (unpaired) electrons.